The van der Waals surface area contributed by atoms with Crippen molar-refractivity contribution in [1.82, 2.24) is 4.98 Å². The van der Waals surface area contributed by atoms with Crippen molar-refractivity contribution in [1.29, 1.82) is 5.26 Å². The summed E-state index contributed by atoms with van der Waals surface area (Å²) in [5.41, 5.74) is 1.32. The van der Waals surface area contributed by atoms with Gasteiger partial charge in [0.15, 0.2) is 29.8 Å². The van der Waals surface area contributed by atoms with E-state index in [4.69, 9.17) is 25.8 Å². The van der Waals surface area contributed by atoms with Crippen LogP contribution in [0, 0.1) is 24.2 Å². The second kappa shape index (κ2) is 11.5. The highest BCUT2D eigenvalue weighted by Gasteiger charge is 2.24. The Bertz CT molecular complexity index is 1010. The van der Waals surface area contributed by atoms with Gasteiger partial charge in [0.2, 0.25) is 0 Å². The van der Waals surface area contributed by atoms with Crippen LogP contribution in [-0.2, 0) is 14.3 Å². The molecule has 1 atom stereocenters. The van der Waals surface area contributed by atoms with E-state index in [2.05, 4.69) is 4.98 Å². The van der Waals surface area contributed by atoms with Crippen molar-refractivity contribution in [3.05, 3.63) is 44.9 Å². The standard InChI is InChI=1S/C22H23ClN2O5S/c1-13(2)10-30-21-17(23)7-15(8-19(21)28-4)5-6-20(27)29-11-18(26)16(9-24)22-25-14(3)12-31-22/h5-8,12-13,16H,10-11H2,1-4H3/b6-5+/t16-/m0/s1. The summed E-state index contributed by atoms with van der Waals surface area (Å²) in [6.07, 6.45) is 2.65. The zero-order valence-corrected chi connectivity index (χ0v) is 19.2. The van der Waals surface area contributed by atoms with Crippen molar-refractivity contribution in [2.24, 2.45) is 5.92 Å². The minimum absolute atomic E-state index is 0.318. The summed E-state index contributed by atoms with van der Waals surface area (Å²) in [6, 6.07) is 5.21. The van der Waals surface area contributed by atoms with Gasteiger partial charge in [-0.3, -0.25) is 4.79 Å². The second-order valence-electron chi connectivity index (χ2n) is 7.04. The van der Waals surface area contributed by atoms with Gasteiger partial charge in [-0.1, -0.05) is 25.4 Å². The average Bonchev–Trinajstić information content (AvgIpc) is 3.15. The molecule has 1 heterocycles. The first kappa shape index (κ1) is 24.4. The van der Waals surface area contributed by atoms with Crippen molar-refractivity contribution in [3.63, 3.8) is 0 Å². The molecule has 1 aromatic carbocycles. The van der Waals surface area contributed by atoms with Crippen LogP contribution in [0.25, 0.3) is 6.08 Å². The molecule has 0 fully saturated rings. The van der Waals surface area contributed by atoms with E-state index in [1.54, 1.807) is 24.4 Å². The van der Waals surface area contributed by atoms with Gasteiger partial charge in [0.25, 0.3) is 0 Å². The summed E-state index contributed by atoms with van der Waals surface area (Å²) in [6.45, 7) is 5.77. The fourth-order valence-electron chi connectivity index (χ4n) is 2.43. The van der Waals surface area contributed by atoms with Crippen LogP contribution in [0.2, 0.25) is 5.02 Å². The van der Waals surface area contributed by atoms with Crippen molar-refractivity contribution in [2.75, 3.05) is 20.3 Å². The van der Waals surface area contributed by atoms with Gasteiger partial charge in [0.1, 0.15) is 5.01 Å². The number of benzene rings is 1. The lowest BCUT2D eigenvalue weighted by atomic mass is 10.1. The van der Waals surface area contributed by atoms with E-state index in [-0.39, 0.29) is 0 Å². The highest BCUT2D eigenvalue weighted by atomic mass is 35.5. The molecule has 164 valence electrons. The molecule has 31 heavy (non-hydrogen) atoms. The number of nitriles is 1. The minimum atomic E-state index is -1.06. The molecule has 0 spiro atoms. The molecule has 0 amide bonds. The van der Waals surface area contributed by atoms with Gasteiger partial charge in [0, 0.05) is 17.2 Å². The monoisotopic (exact) mass is 462 g/mol. The van der Waals surface area contributed by atoms with Crippen LogP contribution in [0.15, 0.2) is 23.6 Å². The molecule has 2 aromatic rings. The van der Waals surface area contributed by atoms with Crippen LogP contribution < -0.4 is 9.47 Å². The summed E-state index contributed by atoms with van der Waals surface area (Å²) in [5.74, 6) is -1.13. The fraction of sp³-hybridized carbons (Fsp3) is 0.364. The molecule has 1 aromatic heterocycles. The third kappa shape index (κ3) is 7.09. The number of ether oxygens (including phenoxy) is 3. The predicted octanol–water partition coefficient (Wildman–Crippen LogP) is 4.58. The largest absolute Gasteiger partial charge is 0.493 e. The fourth-order valence-corrected chi connectivity index (χ4v) is 3.57. The predicted molar refractivity (Wildman–Crippen MR) is 119 cm³/mol. The maximum Gasteiger partial charge on any atom is 0.331 e. The van der Waals surface area contributed by atoms with Crippen molar-refractivity contribution < 1.29 is 23.8 Å². The molecule has 2 rings (SSSR count). The Hall–Kier alpha value is -2.89. The van der Waals surface area contributed by atoms with Crippen LogP contribution in [0.4, 0.5) is 0 Å². The number of rotatable bonds is 10. The number of carbonyl (C=O) groups is 2. The van der Waals surface area contributed by atoms with Gasteiger partial charge >= 0.3 is 5.97 Å². The minimum Gasteiger partial charge on any atom is -0.493 e. The normalized spacial score (nSPS) is 11.9. The molecular formula is C22H23ClN2O5S. The van der Waals surface area contributed by atoms with Crippen LogP contribution in [-0.4, -0.2) is 37.1 Å². The smallest absolute Gasteiger partial charge is 0.331 e. The SMILES string of the molecule is COc1cc(/C=C/C(=O)OCC(=O)[C@H](C#N)c2nc(C)cs2)cc(Cl)c1OCC(C)C. The highest BCUT2D eigenvalue weighted by molar-refractivity contribution is 7.09. The van der Waals surface area contributed by atoms with Crippen LogP contribution in [0.1, 0.15) is 36.0 Å². The number of thiazole rings is 1. The first-order chi connectivity index (χ1) is 14.7. The number of ketones is 1. The molecule has 7 nitrogen and oxygen atoms in total. The van der Waals surface area contributed by atoms with Crippen molar-refractivity contribution in [2.45, 2.75) is 26.7 Å². The number of esters is 1. The average molecular weight is 463 g/mol. The van der Waals surface area contributed by atoms with Gasteiger partial charge in [-0.15, -0.1) is 11.3 Å². The number of carbonyl (C=O) groups excluding carboxylic acids is 2. The Kier molecular flexibility index (Phi) is 9.03. The Morgan fingerprint density at radius 1 is 1.35 bits per heavy atom. The zero-order valence-electron chi connectivity index (χ0n) is 17.7. The van der Waals surface area contributed by atoms with E-state index in [1.807, 2.05) is 19.9 Å². The third-order valence-electron chi connectivity index (χ3n) is 3.92. The Balaban J connectivity index is 2.00. The van der Waals surface area contributed by atoms with E-state index in [9.17, 15) is 14.9 Å². The number of aromatic nitrogens is 1. The number of methoxy groups -OCH3 is 1. The highest BCUT2D eigenvalue weighted by Crippen LogP contribution is 2.37. The summed E-state index contributed by atoms with van der Waals surface area (Å²) in [7, 11) is 1.50. The molecule has 0 saturated heterocycles. The zero-order chi connectivity index (χ0) is 23.0. The number of hydrogen-bond acceptors (Lipinski definition) is 8. The van der Waals surface area contributed by atoms with E-state index in [1.165, 1.54) is 30.6 Å². The third-order valence-corrected chi connectivity index (χ3v) is 5.22. The van der Waals surface area contributed by atoms with Gasteiger partial charge in [0.05, 0.1) is 24.8 Å². The van der Waals surface area contributed by atoms with Crippen LogP contribution in [0.5, 0.6) is 11.5 Å². The first-order valence-electron chi connectivity index (χ1n) is 9.44. The molecule has 0 aliphatic rings. The summed E-state index contributed by atoms with van der Waals surface area (Å²) >= 11 is 7.51. The number of Topliss-reactive ketones (excluding diaryl/α,β-unsaturated/α-hetero) is 1. The molecule has 0 N–H and O–H groups in total. The van der Waals surface area contributed by atoms with E-state index in [0.717, 1.165) is 5.69 Å². The topological polar surface area (TPSA) is 98.5 Å². The second-order valence-corrected chi connectivity index (χ2v) is 8.33. The first-order valence-corrected chi connectivity index (χ1v) is 10.7. The lowest BCUT2D eigenvalue weighted by molar-refractivity contribution is -0.143. The number of halogens is 1. The summed E-state index contributed by atoms with van der Waals surface area (Å²) in [4.78, 5) is 28.4. The van der Waals surface area contributed by atoms with E-state index >= 15 is 0 Å². The Morgan fingerprint density at radius 3 is 2.68 bits per heavy atom. The summed E-state index contributed by atoms with van der Waals surface area (Å²) < 4.78 is 16.0. The lowest BCUT2D eigenvalue weighted by Gasteiger charge is -2.14. The van der Waals surface area contributed by atoms with Crippen molar-refractivity contribution in [3.8, 4) is 17.6 Å². The molecule has 0 aliphatic heterocycles. The van der Waals surface area contributed by atoms with Crippen LogP contribution in [0.3, 0.4) is 0 Å². The van der Waals surface area contributed by atoms with Gasteiger partial charge in [-0.05, 0) is 36.6 Å². The van der Waals surface area contributed by atoms with Crippen molar-refractivity contribution >= 4 is 40.8 Å². The lowest BCUT2D eigenvalue weighted by Crippen LogP contribution is -2.19. The summed E-state index contributed by atoms with van der Waals surface area (Å²) in [5, 5.41) is 11.7. The van der Waals surface area contributed by atoms with E-state index in [0.29, 0.717) is 39.6 Å². The van der Waals surface area contributed by atoms with Crippen LogP contribution >= 0.6 is 22.9 Å². The maximum atomic E-state index is 12.2. The van der Waals surface area contributed by atoms with Gasteiger partial charge in [-0.2, -0.15) is 5.26 Å². The molecule has 0 aliphatic carbocycles. The molecular weight excluding hydrogens is 440 g/mol. The van der Waals surface area contributed by atoms with E-state index < -0.39 is 24.3 Å². The molecule has 0 radical (unpaired) electrons. The Labute approximate surface area is 190 Å². The number of nitrogens with zero attached hydrogens (tertiary/aromatic N) is 2. The van der Waals surface area contributed by atoms with Gasteiger partial charge in [-0.25, -0.2) is 9.78 Å². The maximum absolute atomic E-state index is 12.2. The molecule has 0 bridgehead atoms. The molecule has 0 saturated carbocycles. The quantitative estimate of drug-likeness (QED) is 0.376. The molecule has 9 heteroatoms. The van der Waals surface area contributed by atoms with Gasteiger partial charge < -0.3 is 14.2 Å². The molecule has 0 unspecified atom stereocenters. The Morgan fingerprint density at radius 2 is 2.10 bits per heavy atom. The number of hydrogen-bond donors (Lipinski definition) is 0. The number of aryl methyl sites for hydroxylation is 1.